The molecule has 0 radical (unpaired) electrons. The van der Waals surface area contributed by atoms with Crippen LogP contribution in [0.5, 0.6) is 0 Å². The summed E-state index contributed by atoms with van der Waals surface area (Å²) >= 11 is 4.17. The van der Waals surface area contributed by atoms with E-state index >= 15 is 0 Å². The average Bonchev–Trinajstić information content (AvgIpc) is 2.40. The van der Waals surface area contributed by atoms with Crippen LogP contribution in [0.4, 0.5) is 0 Å². The van der Waals surface area contributed by atoms with Crippen LogP contribution in [-0.4, -0.2) is 15.9 Å². The van der Waals surface area contributed by atoms with Gasteiger partial charge in [-0.15, -0.1) is 4.36 Å². The van der Waals surface area contributed by atoms with Gasteiger partial charge in [-0.2, -0.15) is 0 Å². The van der Waals surface area contributed by atoms with E-state index in [0.717, 1.165) is 0 Å². The van der Waals surface area contributed by atoms with E-state index in [4.69, 9.17) is 0 Å². The van der Waals surface area contributed by atoms with E-state index in [9.17, 15) is 4.79 Å². The third kappa shape index (κ3) is 5.03. The van der Waals surface area contributed by atoms with E-state index in [1.807, 2.05) is 18.2 Å². The minimum absolute atomic E-state index is 0.227. The predicted molar refractivity (Wildman–Crippen MR) is 67.3 cm³/mol. The largest absolute Gasteiger partial charge is 0.306 e. The van der Waals surface area contributed by atoms with Crippen LogP contribution in [0.2, 0.25) is 0 Å². The smallest absolute Gasteiger partial charge is 0.264 e. The van der Waals surface area contributed by atoms with Crippen molar-refractivity contribution in [2.75, 3.05) is 0 Å². The zero-order chi connectivity index (χ0) is 12.5. The molecule has 2 aromatic rings. The fourth-order valence-corrected chi connectivity index (χ4v) is 1.09. The van der Waals surface area contributed by atoms with Crippen molar-refractivity contribution in [2.45, 2.75) is 6.92 Å². The lowest BCUT2D eigenvalue weighted by Gasteiger charge is -1.87. The molecule has 4 nitrogen and oxygen atoms in total. The second kappa shape index (κ2) is 7.29. The number of carbonyl (C=O) groups excluding carboxylic acids is 1. The van der Waals surface area contributed by atoms with Crippen molar-refractivity contribution >= 4 is 18.3 Å². The van der Waals surface area contributed by atoms with E-state index in [1.54, 1.807) is 0 Å². The van der Waals surface area contributed by atoms with Crippen LogP contribution < -0.4 is 0 Å². The van der Waals surface area contributed by atoms with E-state index in [-0.39, 0.29) is 5.69 Å². The van der Waals surface area contributed by atoms with Crippen LogP contribution in [-0.2, 0) is 12.4 Å². The summed E-state index contributed by atoms with van der Waals surface area (Å²) < 4.78 is 3.01. The molecule has 0 aliphatic rings. The molecule has 0 saturated heterocycles. The van der Waals surface area contributed by atoms with Crippen LogP contribution in [0, 0.1) is 6.92 Å². The Balaban J connectivity index is 0.000000181. The molecule has 0 atom stereocenters. The highest BCUT2D eigenvalue weighted by molar-refractivity contribution is 7.47. The quantitative estimate of drug-likeness (QED) is 0.773. The van der Waals surface area contributed by atoms with Gasteiger partial charge in [0.15, 0.2) is 0 Å². The molecule has 0 aliphatic carbocycles. The van der Waals surface area contributed by atoms with E-state index in [2.05, 4.69) is 45.8 Å². The third-order valence-corrected chi connectivity index (χ3v) is 1.99. The molecule has 1 aromatic carbocycles. The highest BCUT2D eigenvalue weighted by atomic mass is 32.1. The first kappa shape index (κ1) is 13.1. The summed E-state index contributed by atoms with van der Waals surface area (Å²) in [5.41, 5.74) is 1.55. The standard InChI is InChI=1S/C7H8.C5H3N3OS/c1-7-5-3-2-4-6-7;9-5(8-10)4-1-2-6-3-7-4/h2-6H,1H3;1-3H. The van der Waals surface area contributed by atoms with Gasteiger partial charge in [0, 0.05) is 18.6 Å². The molecule has 0 spiro atoms. The molecule has 1 aromatic heterocycles. The van der Waals surface area contributed by atoms with Crippen molar-refractivity contribution in [3.05, 3.63) is 60.2 Å². The Labute approximate surface area is 105 Å². The topological polar surface area (TPSA) is 55.2 Å². The lowest BCUT2D eigenvalue weighted by atomic mass is 10.2. The Morgan fingerprint density at radius 3 is 2.35 bits per heavy atom. The molecule has 17 heavy (non-hydrogen) atoms. The van der Waals surface area contributed by atoms with E-state index in [0.29, 0.717) is 0 Å². The number of hydrogen-bond donors (Lipinski definition) is 0. The van der Waals surface area contributed by atoms with Gasteiger partial charge in [-0.25, -0.2) is 9.97 Å². The van der Waals surface area contributed by atoms with Crippen LogP contribution in [0.1, 0.15) is 16.1 Å². The number of carbonyl (C=O) groups is 1. The normalized spacial score (nSPS) is 8.76. The molecule has 0 saturated carbocycles. The lowest BCUT2D eigenvalue weighted by molar-refractivity contribution is 0.100. The number of aryl methyl sites for hydroxylation is 1. The van der Waals surface area contributed by atoms with Gasteiger partial charge in [-0.3, -0.25) is 4.79 Å². The van der Waals surface area contributed by atoms with Crippen molar-refractivity contribution in [1.82, 2.24) is 9.97 Å². The molecule has 0 aliphatic heterocycles. The molecule has 0 unspecified atom stereocenters. The second-order valence-electron chi connectivity index (χ2n) is 3.15. The van der Waals surface area contributed by atoms with Crippen LogP contribution >= 0.6 is 0 Å². The highest BCUT2D eigenvalue weighted by Gasteiger charge is 2.01. The fraction of sp³-hybridized carbons (Fsp3) is 0.0833. The molecule has 5 heteroatoms. The molecule has 2 rings (SSSR count). The lowest BCUT2D eigenvalue weighted by Crippen LogP contribution is -1.96. The summed E-state index contributed by atoms with van der Waals surface area (Å²) in [6.45, 7) is 2.08. The number of aromatic nitrogens is 2. The first-order valence-electron chi connectivity index (χ1n) is 4.89. The van der Waals surface area contributed by atoms with Crippen molar-refractivity contribution in [3.8, 4) is 0 Å². The second-order valence-corrected chi connectivity index (χ2v) is 3.33. The monoisotopic (exact) mass is 245 g/mol. The van der Waals surface area contributed by atoms with Crippen molar-refractivity contribution in [2.24, 2.45) is 4.36 Å². The maximum Gasteiger partial charge on any atom is 0.306 e. The van der Waals surface area contributed by atoms with Gasteiger partial charge in [0.2, 0.25) is 0 Å². The van der Waals surface area contributed by atoms with E-state index < -0.39 is 5.91 Å². The molecule has 1 amide bonds. The average molecular weight is 245 g/mol. The van der Waals surface area contributed by atoms with Gasteiger partial charge in [0.05, 0.1) is 0 Å². The molecule has 0 N–H and O–H groups in total. The van der Waals surface area contributed by atoms with Crippen molar-refractivity contribution in [1.29, 1.82) is 0 Å². The first-order valence-corrected chi connectivity index (χ1v) is 5.26. The summed E-state index contributed by atoms with van der Waals surface area (Å²) in [5, 5.41) is 0. The molecule has 0 bridgehead atoms. The summed E-state index contributed by atoms with van der Waals surface area (Å²) in [5.74, 6) is -0.502. The summed E-state index contributed by atoms with van der Waals surface area (Å²) in [7, 11) is 0. The predicted octanol–water partition coefficient (Wildman–Crippen LogP) is 2.34. The Morgan fingerprint density at radius 2 is 1.94 bits per heavy atom. The molecule has 0 fully saturated rings. The van der Waals surface area contributed by atoms with Gasteiger partial charge in [-0.1, -0.05) is 35.9 Å². The number of hydrogen-bond acceptors (Lipinski definition) is 4. The van der Waals surface area contributed by atoms with Gasteiger partial charge >= 0.3 is 5.91 Å². The maximum atomic E-state index is 10.7. The molecular weight excluding hydrogens is 234 g/mol. The van der Waals surface area contributed by atoms with Crippen LogP contribution in [0.25, 0.3) is 0 Å². The maximum absolute atomic E-state index is 10.7. The highest BCUT2D eigenvalue weighted by Crippen LogP contribution is 1.92. The summed E-state index contributed by atoms with van der Waals surface area (Å²) in [4.78, 5) is 17.9. The molecule has 86 valence electrons. The zero-order valence-electron chi connectivity index (χ0n) is 9.28. The number of amides is 1. The van der Waals surface area contributed by atoms with Gasteiger partial charge in [0.1, 0.15) is 12.0 Å². The van der Waals surface area contributed by atoms with Crippen molar-refractivity contribution < 1.29 is 4.79 Å². The van der Waals surface area contributed by atoms with Crippen LogP contribution in [0.15, 0.2) is 53.3 Å². The van der Waals surface area contributed by atoms with Crippen molar-refractivity contribution in [3.63, 3.8) is 0 Å². The van der Waals surface area contributed by atoms with Gasteiger partial charge in [-0.05, 0) is 13.0 Å². The Morgan fingerprint density at radius 1 is 1.24 bits per heavy atom. The van der Waals surface area contributed by atoms with Crippen LogP contribution in [0.3, 0.4) is 0 Å². The Hall–Kier alpha value is -2.01. The Bertz CT molecular complexity index is 474. The minimum Gasteiger partial charge on any atom is -0.264 e. The number of nitrogens with zero attached hydrogens (tertiary/aromatic N) is 3. The van der Waals surface area contributed by atoms with Gasteiger partial charge < -0.3 is 0 Å². The fourth-order valence-electron chi connectivity index (χ4n) is 0.998. The number of benzene rings is 1. The van der Waals surface area contributed by atoms with Gasteiger partial charge in [0.25, 0.3) is 0 Å². The zero-order valence-corrected chi connectivity index (χ0v) is 10.1. The summed E-state index contributed by atoms with van der Waals surface area (Å²) in [6, 6.07) is 11.7. The SMILES string of the molecule is Cc1ccccc1.O=C(N=S)c1ccncn1. The third-order valence-electron chi connectivity index (χ3n) is 1.82. The molecular formula is C12H11N3OS. The summed E-state index contributed by atoms with van der Waals surface area (Å²) in [6.07, 6.45) is 2.73. The van der Waals surface area contributed by atoms with E-state index in [1.165, 1.54) is 24.2 Å². The minimum atomic E-state index is -0.502. The Kier molecular flexibility index (Phi) is 5.60. The molecule has 1 heterocycles. The number of rotatable bonds is 1. The first-order chi connectivity index (χ1) is 8.24.